The molecule has 0 amide bonds. The van der Waals surface area contributed by atoms with Crippen molar-refractivity contribution in [1.82, 2.24) is 4.90 Å². The van der Waals surface area contributed by atoms with Crippen molar-refractivity contribution >= 4 is 5.97 Å². The van der Waals surface area contributed by atoms with E-state index in [0.29, 0.717) is 19.1 Å². The summed E-state index contributed by atoms with van der Waals surface area (Å²) in [7, 11) is 0. The van der Waals surface area contributed by atoms with Gasteiger partial charge >= 0.3 is 5.97 Å². The Bertz CT molecular complexity index is 435. The second kappa shape index (κ2) is 6.86. The topological polar surface area (TPSA) is 49.8 Å². The van der Waals surface area contributed by atoms with Gasteiger partial charge in [0.1, 0.15) is 0 Å². The zero-order valence-corrected chi connectivity index (χ0v) is 12.2. The van der Waals surface area contributed by atoms with Crippen molar-refractivity contribution in [2.75, 3.05) is 13.2 Å². The summed E-state index contributed by atoms with van der Waals surface area (Å²) in [6.45, 7) is 5.80. The van der Waals surface area contributed by atoms with Gasteiger partial charge in [-0.1, -0.05) is 30.3 Å². The van der Waals surface area contributed by atoms with Gasteiger partial charge in [-0.05, 0) is 32.4 Å². The van der Waals surface area contributed by atoms with Crippen LogP contribution >= 0.6 is 0 Å². The number of rotatable bonds is 5. The van der Waals surface area contributed by atoms with Crippen molar-refractivity contribution in [3.63, 3.8) is 0 Å². The first-order valence-corrected chi connectivity index (χ1v) is 7.23. The number of benzene rings is 1. The van der Waals surface area contributed by atoms with E-state index in [4.69, 9.17) is 9.84 Å². The minimum absolute atomic E-state index is 0.0669. The maximum absolute atomic E-state index is 10.6. The molecule has 1 saturated heterocycles. The molecule has 0 saturated carbocycles. The monoisotopic (exact) mass is 277 g/mol. The van der Waals surface area contributed by atoms with Crippen LogP contribution in [0.15, 0.2) is 30.3 Å². The van der Waals surface area contributed by atoms with E-state index in [0.717, 1.165) is 6.54 Å². The number of carboxylic acids is 1. The lowest BCUT2D eigenvalue weighted by Gasteiger charge is -2.43. The third-order valence-electron chi connectivity index (χ3n) is 3.98. The molecule has 1 fully saturated rings. The predicted octanol–water partition coefficient (Wildman–Crippen LogP) is 2.70. The van der Waals surface area contributed by atoms with Crippen LogP contribution in [0.5, 0.6) is 0 Å². The Labute approximate surface area is 120 Å². The van der Waals surface area contributed by atoms with Crippen LogP contribution < -0.4 is 0 Å². The van der Waals surface area contributed by atoms with Gasteiger partial charge in [0.05, 0.1) is 12.7 Å². The molecule has 0 spiro atoms. The van der Waals surface area contributed by atoms with Gasteiger partial charge in [0.2, 0.25) is 0 Å². The molecule has 2 rings (SSSR count). The number of hydrogen-bond acceptors (Lipinski definition) is 3. The van der Waals surface area contributed by atoms with Crippen LogP contribution in [0, 0.1) is 0 Å². The molecule has 0 radical (unpaired) electrons. The molecule has 0 aliphatic carbocycles. The Balaban J connectivity index is 2.02. The lowest BCUT2D eigenvalue weighted by atomic mass is 9.98. The Morgan fingerprint density at radius 1 is 1.35 bits per heavy atom. The largest absolute Gasteiger partial charge is 0.481 e. The zero-order chi connectivity index (χ0) is 14.5. The van der Waals surface area contributed by atoms with E-state index in [9.17, 15) is 4.79 Å². The second-order valence-corrected chi connectivity index (χ2v) is 5.49. The molecule has 1 heterocycles. The van der Waals surface area contributed by atoms with E-state index >= 15 is 0 Å². The fraction of sp³-hybridized carbons (Fsp3) is 0.562. The first-order chi connectivity index (χ1) is 9.59. The van der Waals surface area contributed by atoms with Crippen molar-refractivity contribution in [3.8, 4) is 0 Å². The molecule has 0 bridgehead atoms. The quantitative estimate of drug-likeness (QED) is 0.899. The van der Waals surface area contributed by atoms with E-state index in [1.807, 2.05) is 18.2 Å². The molecule has 1 aromatic carbocycles. The number of carbonyl (C=O) groups is 1. The van der Waals surface area contributed by atoms with Crippen LogP contribution in [0.2, 0.25) is 0 Å². The van der Waals surface area contributed by atoms with Crippen molar-refractivity contribution in [1.29, 1.82) is 0 Å². The van der Waals surface area contributed by atoms with E-state index in [1.54, 1.807) is 0 Å². The fourth-order valence-corrected chi connectivity index (χ4v) is 2.91. The van der Waals surface area contributed by atoms with Crippen LogP contribution in [0.1, 0.15) is 38.4 Å². The fourth-order valence-electron chi connectivity index (χ4n) is 2.91. The summed E-state index contributed by atoms with van der Waals surface area (Å²) in [4.78, 5) is 13.0. The highest BCUT2D eigenvalue weighted by Crippen LogP contribution is 2.30. The van der Waals surface area contributed by atoms with E-state index < -0.39 is 5.97 Å². The van der Waals surface area contributed by atoms with Crippen LogP contribution in [0.3, 0.4) is 0 Å². The van der Waals surface area contributed by atoms with E-state index in [1.165, 1.54) is 5.56 Å². The third kappa shape index (κ3) is 3.58. The SMILES string of the molecule is CC1COC(c2ccccc2)C(C)N1CCCC(=O)O. The Morgan fingerprint density at radius 2 is 2.05 bits per heavy atom. The molecule has 3 atom stereocenters. The molecule has 3 unspecified atom stereocenters. The molecule has 1 aliphatic heterocycles. The van der Waals surface area contributed by atoms with Crippen LogP contribution in [0.25, 0.3) is 0 Å². The molecule has 20 heavy (non-hydrogen) atoms. The first-order valence-electron chi connectivity index (χ1n) is 7.23. The number of aliphatic carboxylic acids is 1. The summed E-state index contributed by atoms with van der Waals surface area (Å²) in [5, 5.41) is 8.76. The third-order valence-corrected chi connectivity index (χ3v) is 3.98. The average molecular weight is 277 g/mol. The van der Waals surface area contributed by atoms with Gasteiger partial charge in [0.25, 0.3) is 0 Å². The summed E-state index contributed by atoms with van der Waals surface area (Å²) in [6, 6.07) is 10.8. The molecule has 1 N–H and O–H groups in total. The van der Waals surface area contributed by atoms with E-state index in [-0.39, 0.29) is 18.6 Å². The summed E-state index contributed by atoms with van der Waals surface area (Å²) >= 11 is 0. The number of nitrogens with zero attached hydrogens (tertiary/aromatic N) is 1. The molecule has 4 nitrogen and oxygen atoms in total. The summed E-state index contributed by atoms with van der Waals surface area (Å²) < 4.78 is 5.99. The second-order valence-electron chi connectivity index (χ2n) is 5.49. The van der Waals surface area contributed by atoms with Gasteiger partial charge in [0.15, 0.2) is 0 Å². The maximum atomic E-state index is 10.6. The zero-order valence-electron chi connectivity index (χ0n) is 12.2. The lowest BCUT2D eigenvalue weighted by Crippen LogP contribution is -2.51. The van der Waals surface area contributed by atoms with Crippen LogP contribution in [0.4, 0.5) is 0 Å². The number of ether oxygens (including phenoxy) is 1. The average Bonchev–Trinajstić information content (AvgIpc) is 2.43. The van der Waals surface area contributed by atoms with Gasteiger partial charge in [0, 0.05) is 18.5 Å². The summed E-state index contributed by atoms with van der Waals surface area (Å²) in [6.07, 6.45) is 0.982. The maximum Gasteiger partial charge on any atom is 0.303 e. The number of hydrogen-bond donors (Lipinski definition) is 1. The highest BCUT2D eigenvalue weighted by Gasteiger charge is 2.33. The minimum atomic E-state index is -0.724. The minimum Gasteiger partial charge on any atom is -0.481 e. The highest BCUT2D eigenvalue weighted by atomic mass is 16.5. The van der Waals surface area contributed by atoms with Crippen molar-refractivity contribution < 1.29 is 14.6 Å². The summed E-state index contributed by atoms with van der Waals surface area (Å²) in [5.74, 6) is -0.724. The normalized spacial score (nSPS) is 27.4. The Hall–Kier alpha value is -1.39. The van der Waals surface area contributed by atoms with Gasteiger partial charge in [-0.15, -0.1) is 0 Å². The van der Waals surface area contributed by atoms with Gasteiger partial charge in [-0.3, -0.25) is 9.69 Å². The molecule has 0 aromatic heterocycles. The predicted molar refractivity (Wildman–Crippen MR) is 77.6 cm³/mol. The van der Waals surface area contributed by atoms with Crippen molar-refractivity contribution in [3.05, 3.63) is 35.9 Å². The molecular weight excluding hydrogens is 254 g/mol. The highest BCUT2D eigenvalue weighted by molar-refractivity contribution is 5.66. The van der Waals surface area contributed by atoms with Crippen molar-refractivity contribution in [2.45, 2.75) is 44.9 Å². The molecule has 110 valence electrons. The Kier molecular flexibility index (Phi) is 5.15. The summed E-state index contributed by atoms with van der Waals surface area (Å²) in [5.41, 5.74) is 1.19. The number of morpholine rings is 1. The number of carboxylic acid groups (broad SMARTS) is 1. The van der Waals surface area contributed by atoms with Gasteiger partial charge in [-0.2, -0.15) is 0 Å². The Morgan fingerprint density at radius 3 is 2.70 bits per heavy atom. The smallest absolute Gasteiger partial charge is 0.303 e. The first kappa shape index (κ1) is 15.0. The van der Waals surface area contributed by atoms with Crippen molar-refractivity contribution in [2.24, 2.45) is 0 Å². The molecule has 4 heteroatoms. The molecule has 1 aromatic rings. The van der Waals surface area contributed by atoms with Crippen LogP contribution in [-0.4, -0.2) is 41.2 Å². The lowest BCUT2D eigenvalue weighted by molar-refractivity contribution is -0.137. The standard InChI is InChI=1S/C16H23NO3/c1-12-11-20-16(14-7-4-3-5-8-14)13(2)17(12)10-6-9-15(18)19/h3-5,7-8,12-13,16H,6,9-11H2,1-2H3,(H,18,19). The van der Waals surface area contributed by atoms with E-state index in [2.05, 4.69) is 30.9 Å². The molecular formula is C16H23NO3. The molecule has 1 aliphatic rings. The van der Waals surface area contributed by atoms with Crippen LogP contribution in [-0.2, 0) is 9.53 Å². The van der Waals surface area contributed by atoms with Gasteiger partial charge < -0.3 is 9.84 Å². The van der Waals surface area contributed by atoms with Gasteiger partial charge in [-0.25, -0.2) is 0 Å².